The van der Waals surface area contributed by atoms with E-state index in [2.05, 4.69) is 10.6 Å². The fourth-order valence-electron chi connectivity index (χ4n) is 2.78. The van der Waals surface area contributed by atoms with Crippen LogP contribution in [-0.4, -0.2) is 32.5 Å². The summed E-state index contributed by atoms with van der Waals surface area (Å²) in [5, 5.41) is 5.59. The lowest BCUT2D eigenvalue weighted by atomic mass is 10.2. The molecule has 0 fully saturated rings. The molecule has 26 heavy (non-hydrogen) atoms. The summed E-state index contributed by atoms with van der Waals surface area (Å²) in [6.07, 6.45) is 1.67. The quantitative estimate of drug-likeness (QED) is 0.859. The highest BCUT2D eigenvalue weighted by Crippen LogP contribution is 2.33. The van der Waals surface area contributed by atoms with Crippen molar-refractivity contribution in [2.75, 3.05) is 37.1 Å². The second kappa shape index (κ2) is 7.43. The van der Waals surface area contributed by atoms with Crippen molar-refractivity contribution in [1.29, 1.82) is 0 Å². The molecule has 136 valence electrons. The molecule has 2 N–H and O–H groups in total. The summed E-state index contributed by atoms with van der Waals surface area (Å²) in [6, 6.07) is 10.3. The Morgan fingerprint density at radius 3 is 1.54 bits per heavy atom. The number of hydrogen-bond acceptors (Lipinski definition) is 5. The van der Waals surface area contributed by atoms with Crippen LogP contribution in [0.5, 0.6) is 23.0 Å². The number of carbonyl (C=O) groups excluding carboxylic acids is 1. The van der Waals surface area contributed by atoms with Crippen LogP contribution in [0.1, 0.15) is 12.8 Å². The van der Waals surface area contributed by atoms with Crippen LogP contribution in [0.3, 0.4) is 0 Å². The third kappa shape index (κ3) is 3.77. The van der Waals surface area contributed by atoms with E-state index in [0.29, 0.717) is 60.8 Å². The Bertz CT molecular complexity index is 743. The van der Waals surface area contributed by atoms with Crippen LogP contribution in [0.2, 0.25) is 0 Å². The Morgan fingerprint density at radius 1 is 0.654 bits per heavy atom. The van der Waals surface area contributed by atoms with Crippen molar-refractivity contribution in [2.45, 2.75) is 12.8 Å². The van der Waals surface area contributed by atoms with Crippen LogP contribution in [0, 0.1) is 0 Å². The van der Waals surface area contributed by atoms with Crippen LogP contribution < -0.4 is 29.6 Å². The number of carbonyl (C=O) groups is 1. The molecule has 0 spiro atoms. The molecule has 0 aliphatic carbocycles. The number of anilines is 2. The lowest BCUT2D eigenvalue weighted by Gasteiger charge is -2.12. The number of amides is 2. The zero-order chi connectivity index (χ0) is 17.8. The summed E-state index contributed by atoms with van der Waals surface area (Å²) < 4.78 is 22.4. The molecule has 2 aromatic carbocycles. The van der Waals surface area contributed by atoms with E-state index in [9.17, 15) is 4.79 Å². The second-order valence-corrected chi connectivity index (χ2v) is 6.00. The molecule has 2 aliphatic rings. The molecular weight excluding hydrogens is 336 g/mol. The molecular formula is C19H20N2O5. The van der Waals surface area contributed by atoms with Gasteiger partial charge >= 0.3 is 6.03 Å². The van der Waals surface area contributed by atoms with Crippen LogP contribution in [-0.2, 0) is 0 Å². The van der Waals surface area contributed by atoms with Gasteiger partial charge in [0.05, 0.1) is 26.4 Å². The van der Waals surface area contributed by atoms with Gasteiger partial charge < -0.3 is 29.6 Å². The fraction of sp³-hybridized carbons (Fsp3) is 0.316. The molecule has 2 amide bonds. The largest absolute Gasteiger partial charge is 0.490 e. The molecule has 0 unspecified atom stereocenters. The van der Waals surface area contributed by atoms with Crippen molar-refractivity contribution in [3.05, 3.63) is 36.4 Å². The van der Waals surface area contributed by atoms with Crippen LogP contribution in [0.25, 0.3) is 0 Å². The van der Waals surface area contributed by atoms with Gasteiger partial charge in [-0.25, -0.2) is 4.79 Å². The molecule has 2 aromatic rings. The summed E-state index contributed by atoms with van der Waals surface area (Å²) in [5.41, 5.74) is 1.25. The van der Waals surface area contributed by atoms with Gasteiger partial charge in [-0.15, -0.1) is 0 Å². The predicted octanol–water partition coefficient (Wildman–Crippen LogP) is 3.65. The standard InChI is InChI=1S/C19H20N2O5/c22-19(20-13-3-5-15-17(11-13)25-9-1-7-23-15)21-14-4-6-16-18(12-14)26-10-2-8-24-16/h3-6,11-12H,1-2,7-10H2,(H2,20,21,22). The van der Waals surface area contributed by atoms with Crippen molar-refractivity contribution in [3.63, 3.8) is 0 Å². The van der Waals surface area contributed by atoms with E-state index >= 15 is 0 Å². The van der Waals surface area contributed by atoms with Crippen LogP contribution in [0.4, 0.5) is 16.2 Å². The minimum atomic E-state index is -0.353. The molecule has 0 saturated carbocycles. The second-order valence-electron chi connectivity index (χ2n) is 6.00. The van der Waals surface area contributed by atoms with Crippen molar-refractivity contribution in [1.82, 2.24) is 0 Å². The predicted molar refractivity (Wildman–Crippen MR) is 96.7 cm³/mol. The van der Waals surface area contributed by atoms with Gasteiger partial charge in [-0.2, -0.15) is 0 Å². The zero-order valence-electron chi connectivity index (χ0n) is 14.2. The van der Waals surface area contributed by atoms with Gasteiger partial charge in [0.25, 0.3) is 0 Å². The number of urea groups is 1. The maximum Gasteiger partial charge on any atom is 0.323 e. The number of benzene rings is 2. The highest BCUT2D eigenvalue weighted by Gasteiger charge is 2.14. The molecule has 0 atom stereocenters. The summed E-state index contributed by atoms with van der Waals surface area (Å²) in [4.78, 5) is 12.3. The number of fused-ring (bicyclic) bond motifs is 2. The third-order valence-corrected chi connectivity index (χ3v) is 4.01. The molecule has 7 nitrogen and oxygen atoms in total. The van der Waals surface area contributed by atoms with Gasteiger partial charge in [-0.05, 0) is 24.3 Å². The minimum Gasteiger partial charge on any atom is -0.490 e. The first-order valence-corrected chi connectivity index (χ1v) is 8.65. The number of ether oxygens (including phenoxy) is 4. The van der Waals surface area contributed by atoms with Gasteiger partial charge in [0, 0.05) is 36.3 Å². The van der Waals surface area contributed by atoms with Gasteiger partial charge in [0.1, 0.15) is 0 Å². The SMILES string of the molecule is O=C(Nc1ccc2c(c1)OCCCO2)Nc1ccc2c(c1)OCCCO2. The molecule has 4 rings (SSSR count). The monoisotopic (exact) mass is 356 g/mol. The Hall–Kier alpha value is -3.09. The van der Waals surface area contributed by atoms with E-state index in [1.54, 1.807) is 36.4 Å². The molecule has 7 heteroatoms. The maximum atomic E-state index is 12.3. The average Bonchev–Trinajstić information content (AvgIpc) is 3.01. The number of hydrogen-bond donors (Lipinski definition) is 2. The molecule has 2 aliphatic heterocycles. The van der Waals surface area contributed by atoms with E-state index in [1.165, 1.54) is 0 Å². The Balaban J connectivity index is 1.42. The van der Waals surface area contributed by atoms with E-state index in [-0.39, 0.29) is 6.03 Å². The van der Waals surface area contributed by atoms with Crippen LogP contribution >= 0.6 is 0 Å². The Kier molecular flexibility index (Phi) is 4.68. The summed E-state index contributed by atoms with van der Waals surface area (Å²) >= 11 is 0. The maximum absolute atomic E-state index is 12.3. The highest BCUT2D eigenvalue weighted by atomic mass is 16.5. The van der Waals surface area contributed by atoms with Gasteiger partial charge in [-0.1, -0.05) is 0 Å². The van der Waals surface area contributed by atoms with Crippen molar-refractivity contribution >= 4 is 17.4 Å². The van der Waals surface area contributed by atoms with Crippen molar-refractivity contribution < 1.29 is 23.7 Å². The number of rotatable bonds is 2. The molecule has 2 heterocycles. The van der Waals surface area contributed by atoms with Gasteiger partial charge in [0.15, 0.2) is 23.0 Å². The highest BCUT2D eigenvalue weighted by molar-refractivity contribution is 6.00. The molecule has 0 bridgehead atoms. The molecule has 0 saturated heterocycles. The van der Waals surface area contributed by atoms with Crippen LogP contribution in [0.15, 0.2) is 36.4 Å². The van der Waals surface area contributed by atoms with Gasteiger partial charge in [0.2, 0.25) is 0 Å². The lowest BCUT2D eigenvalue weighted by Crippen LogP contribution is -2.19. The third-order valence-electron chi connectivity index (χ3n) is 4.01. The topological polar surface area (TPSA) is 78.1 Å². The first-order valence-electron chi connectivity index (χ1n) is 8.65. The van der Waals surface area contributed by atoms with Gasteiger partial charge in [-0.3, -0.25) is 0 Å². The summed E-state index contributed by atoms with van der Waals surface area (Å²) in [5.74, 6) is 2.65. The summed E-state index contributed by atoms with van der Waals surface area (Å²) in [6.45, 7) is 2.45. The Labute approximate surface area is 151 Å². The number of nitrogens with one attached hydrogen (secondary N) is 2. The lowest BCUT2D eigenvalue weighted by molar-refractivity contribution is 0.262. The normalized spacial score (nSPS) is 15.4. The van der Waals surface area contributed by atoms with E-state index in [4.69, 9.17) is 18.9 Å². The molecule has 0 radical (unpaired) electrons. The minimum absolute atomic E-state index is 0.353. The molecule has 0 aromatic heterocycles. The first kappa shape index (κ1) is 16.4. The Morgan fingerprint density at radius 2 is 1.08 bits per heavy atom. The zero-order valence-corrected chi connectivity index (χ0v) is 14.2. The fourth-order valence-corrected chi connectivity index (χ4v) is 2.78. The smallest absolute Gasteiger partial charge is 0.323 e. The summed E-state index contributed by atoms with van der Waals surface area (Å²) in [7, 11) is 0. The van der Waals surface area contributed by atoms with Crippen molar-refractivity contribution in [3.8, 4) is 23.0 Å². The van der Waals surface area contributed by atoms with Crippen molar-refractivity contribution in [2.24, 2.45) is 0 Å². The first-order chi connectivity index (χ1) is 12.8. The van der Waals surface area contributed by atoms with E-state index < -0.39 is 0 Å². The van der Waals surface area contributed by atoms with E-state index in [1.807, 2.05) is 0 Å². The average molecular weight is 356 g/mol. The van der Waals surface area contributed by atoms with E-state index in [0.717, 1.165) is 12.8 Å².